The number of carbonyl (C=O) groups is 2. The molecular weight excluding hydrogens is 254 g/mol. The fourth-order valence-corrected chi connectivity index (χ4v) is 3.49. The molecule has 1 N–H and O–H groups in total. The second kappa shape index (κ2) is 4.33. The monoisotopic (exact) mass is 273 g/mol. The normalized spacial score (nSPS) is 26.8. The molecule has 1 saturated carbocycles. The van der Waals surface area contributed by atoms with Crippen molar-refractivity contribution in [2.24, 2.45) is 17.3 Å². The quantitative estimate of drug-likeness (QED) is 0.899. The van der Waals surface area contributed by atoms with E-state index in [2.05, 4.69) is 0 Å². The minimum atomic E-state index is -0.862. The Kier molecular flexibility index (Phi) is 2.85. The molecule has 1 fully saturated rings. The Morgan fingerprint density at radius 2 is 1.95 bits per heavy atom. The van der Waals surface area contributed by atoms with Crippen LogP contribution in [0.25, 0.3) is 0 Å². The number of nitrogens with zero attached hydrogens (tertiary/aromatic N) is 1. The molecule has 0 aromatic heterocycles. The number of benzene rings is 1. The molecule has 1 heterocycles. The summed E-state index contributed by atoms with van der Waals surface area (Å²) < 4.78 is 0. The first-order valence-corrected chi connectivity index (χ1v) is 7.06. The molecule has 1 aliphatic heterocycles. The van der Waals surface area contributed by atoms with Gasteiger partial charge in [0.1, 0.15) is 0 Å². The Bertz CT molecular complexity index is 579. The van der Waals surface area contributed by atoms with Crippen LogP contribution in [0, 0.1) is 17.3 Å². The van der Waals surface area contributed by atoms with Crippen LogP contribution in [0.1, 0.15) is 25.8 Å². The average molecular weight is 273 g/mol. The first-order chi connectivity index (χ1) is 9.44. The summed E-state index contributed by atoms with van der Waals surface area (Å²) in [6.07, 6.45) is 1.92. The van der Waals surface area contributed by atoms with E-state index in [1.165, 1.54) is 5.56 Å². The molecule has 2 aliphatic rings. The van der Waals surface area contributed by atoms with Crippen LogP contribution in [-0.2, 0) is 16.0 Å². The highest BCUT2D eigenvalue weighted by atomic mass is 16.4. The van der Waals surface area contributed by atoms with E-state index in [9.17, 15) is 14.7 Å². The Labute approximate surface area is 118 Å². The highest BCUT2D eigenvalue weighted by molar-refractivity contribution is 6.02. The predicted octanol–water partition coefficient (Wildman–Crippen LogP) is 2.32. The lowest BCUT2D eigenvalue weighted by Gasteiger charge is -2.30. The molecule has 2 atom stereocenters. The molecule has 0 unspecified atom stereocenters. The van der Waals surface area contributed by atoms with Gasteiger partial charge in [-0.1, -0.05) is 32.0 Å². The van der Waals surface area contributed by atoms with E-state index < -0.39 is 23.2 Å². The van der Waals surface area contributed by atoms with Crippen LogP contribution >= 0.6 is 0 Å². The second-order valence-corrected chi connectivity index (χ2v) is 6.34. The summed E-state index contributed by atoms with van der Waals surface area (Å²) in [5.74, 6) is -1.84. The van der Waals surface area contributed by atoms with E-state index in [-0.39, 0.29) is 5.91 Å². The first-order valence-electron chi connectivity index (χ1n) is 7.06. The maximum absolute atomic E-state index is 12.7. The molecule has 0 saturated heterocycles. The lowest BCUT2D eigenvalue weighted by molar-refractivity contribution is -0.140. The Balaban J connectivity index is 1.89. The number of anilines is 1. The molecule has 0 spiro atoms. The van der Waals surface area contributed by atoms with Crippen LogP contribution in [0.4, 0.5) is 5.69 Å². The zero-order chi connectivity index (χ0) is 14.5. The van der Waals surface area contributed by atoms with Crippen LogP contribution in [0.2, 0.25) is 0 Å². The molecule has 3 rings (SSSR count). The number of carboxylic acid groups (broad SMARTS) is 1. The van der Waals surface area contributed by atoms with Gasteiger partial charge in [-0.25, -0.2) is 0 Å². The summed E-state index contributed by atoms with van der Waals surface area (Å²) >= 11 is 0. The van der Waals surface area contributed by atoms with Gasteiger partial charge in [-0.05, 0) is 29.9 Å². The van der Waals surface area contributed by atoms with Crippen LogP contribution in [0.5, 0.6) is 0 Å². The number of carbonyl (C=O) groups excluding carboxylic acids is 1. The molecule has 0 radical (unpaired) electrons. The van der Waals surface area contributed by atoms with E-state index in [1.807, 2.05) is 38.1 Å². The molecule has 106 valence electrons. The van der Waals surface area contributed by atoms with Crippen molar-refractivity contribution in [2.45, 2.75) is 26.7 Å². The van der Waals surface area contributed by atoms with E-state index in [4.69, 9.17) is 0 Å². The van der Waals surface area contributed by atoms with Crippen molar-refractivity contribution in [3.05, 3.63) is 29.8 Å². The number of rotatable bonds is 2. The Morgan fingerprint density at radius 3 is 2.60 bits per heavy atom. The number of aliphatic carboxylic acids is 1. The molecular formula is C16H19NO3. The topological polar surface area (TPSA) is 57.6 Å². The zero-order valence-electron chi connectivity index (χ0n) is 11.8. The summed E-state index contributed by atoms with van der Waals surface area (Å²) in [4.78, 5) is 25.8. The number of aryl methyl sites for hydroxylation is 1. The number of amides is 1. The predicted molar refractivity (Wildman–Crippen MR) is 75.5 cm³/mol. The maximum Gasteiger partial charge on any atom is 0.307 e. The minimum Gasteiger partial charge on any atom is -0.481 e. The van der Waals surface area contributed by atoms with Gasteiger partial charge < -0.3 is 10.0 Å². The lowest BCUT2D eigenvalue weighted by Crippen LogP contribution is -2.37. The number of carboxylic acids is 1. The smallest absolute Gasteiger partial charge is 0.307 e. The van der Waals surface area contributed by atoms with Crippen molar-refractivity contribution < 1.29 is 14.7 Å². The summed E-state index contributed by atoms with van der Waals surface area (Å²) in [5, 5.41) is 9.23. The van der Waals surface area contributed by atoms with E-state index in [0.29, 0.717) is 6.54 Å². The average Bonchev–Trinajstić information content (AvgIpc) is 3.00. The standard InChI is InChI=1S/C16H19NO3/c1-16(2)12(13(16)15(19)20)14(18)17-9-5-7-10-6-3-4-8-11(10)17/h3-4,6,8,12-13H,5,7,9H2,1-2H3,(H,19,20)/t12-,13-/m0/s1. The number of para-hydroxylation sites is 1. The third-order valence-electron chi connectivity index (χ3n) is 4.74. The summed E-state index contributed by atoms with van der Waals surface area (Å²) in [7, 11) is 0. The van der Waals surface area contributed by atoms with Gasteiger partial charge in [-0.2, -0.15) is 0 Å². The highest BCUT2D eigenvalue weighted by Crippen LogP contribution is 2.59. The van der Waals surface area contributed by atoms with Crippen molar-refractivity contribution in [3.8, 4) is 0 Å². The van der Waals surface area contributed by atoms with Crippen molar-refractivity contribution in [3.63, 3.8) is 0 Å². The molecule has 0 bridgehead atoms. The first kappa shape index (κ1) is 13.2. The van der Waals surface area contributed by atoms with E-state index in [0.717, 1.165) is 18.5 Å². The van der Waals surface area contributed by atoms with Gasteiger partial charge in [0.25, 0.3) is 0 Å². The van der Waals surface area contributed by atoms with Gasteiger partial charge in [0.2, 0.25) is 5.91 Å². The van der Waals surface area contributed by atoms with Crippen LogP contribution < -0.4 is 4.90 Å². The second-order valence-electron chi connectivity index (χ2n) is 6.34. The van der Waals surface area contributed by atoms with Crippen LogP contribution in [0.3, 0.4) is 0 Å². The molecule has 4 heteroatoms. The zero-order valence-corrected chi connectivity index (χ0v) is 11.8. The SMILES string of the molecule is CC1(C)[C@H](C(=O)O)[C@H]1C(=O)N1CCCc2ccccc21. The van der Waals surface area contributed by atoms with Crippen molar-refractivity contribution in [1.29, 1.82) is 0 Å². The summed E-state index contributed by atoms with van der Waals surface area (Å²) in [6.45, 7) is 4.42. The Morgan fingerprint density at radius 1 is 1.25 bits per heavy atom. The molecule has 1 aromatic carbocycles. The van der Waals surface area contributed by atoms with Crippen LogP contribution in [-0.4, -0.2) is 23.5 Å². The van der Waals surface area contributed by atoms with E-state index in [1.54, 1.807) is 4.90 Å². The van der Waals surface area contributed by atoms with Crippen molar-refractivity contribution in [1.82, 2.24) is 0 Å². The maximum atomic E-state index is 12.7. The van der Waals surface area contributed by atoms with Gasteiger partial charge >= 0.3 is 5.97 Å². The largest absolute Gasteiger partial charge is 0.481 e. The third-order valence-corrected chi connectivity index (χ3v) is 4.74. The van der Waals surface area contributed by atoms with Gasteiger partial charge in [0.15, 0.2) is 0 Å². The fourth-order valence-electron chi connectivity index (χ4n) is 3.49. The Hall–Kier alpha value is -1.84. The number of hydrogen-bond donors (Lipinski definition) is 1. The van der Waals surface area contributed by atoms with Gasteiger partial charge in [-0.3, -0.25) is 9.59 Å². The molecule has 1 aromatic rings. The molecule has 4 nitrogen and oxygen atoms in total. The van der Waals surface area contributed by atoms with E-state index >= 15 is 0 Å². The van der Waals surface area contributed by atoms with Gasteiger partial charge in [0.05, 0.1) is 11.8 Å². The minimum absolute atomic E-state index is 0.0328. The van der Waals surface area contributed by atoms with Gasteiger partial charge in [0, 0.05) is 12.2 Å². The van der Waals surface area contributed by atoms with Crippen LogP contribution in [0.15, 0.2) is 24.3 Å². The third kappa shape index (κ3) is 1.82. The summed E-state index contributed by atoms with van der Waals surface area (Å²) in [6, 6.07) is 7.91. The highest BCUT2D eigenvalue weighted by Gasteiger charge is 2.66. The number of hydrogen-bond acceptors (Lipinski definition) is 2. The molecule has 20 heavy (non-hydrogen) atoms. The number of fused-ring (bicyclic) bond motifs is 1. The van der Waals surface area contributed by atoms with Crippen molar-refractivity contribution in [2.75, 3.05) is 11.4 Å². The van der Waals surface area contributed by atoms with Crippen molar-refractivity contribution >= 4 is 17.6 Å². The lowest BCUT2D eigenvalue weighted by atomic mass is 10.0. The van der Waals surface area contributed by atoms with Gasteiger partial charge in [-0.15, -0.1) is 0 Å². The summed E-state index contributed by atoms with van der Waals surface area (Å²) in [5.41, 5.74) is 1.70. The molecule has 1 amide bonds. The molecule has 1 aliphatic carbocycles. The fraction of sp³-hybridized carbons (Fsp3) is 0.500.